The van der Waals surface area contributed by atoms with Crippen molar-refractivity contribution in [1.82, 2.24) is 5.32 Å². The van der Waals surface area contributed by atoms with Crippen molar-refractivity contribution in [2.45, 2.75) is 18.9 Å². The van der Waals surface area contributed by atoms with Gasteiger partial charge in [-0.1, -0.05) is 54.6 Å². The number of nitrogens with one attached hydrogen (secondary N) is 1. The minimum atomic E-state index is 0.569. The summed E-state index contributed by atoms with van der Waals surface area (Å²) in [6, 6.07) is 20.1. The summed E-state index contributed by atoms with van der Waals surface area (Å²) in [4.78, 5) is 0. The zero-order valence-electron chi connectivity index (χ0n) is 9.89. The van der Waals surface area contributed by atoms with E-state index < -0.39 is 0 Å². The second-order valence-corrected chi connectivity index (χ2v) is 4.64. The van der Waals surface area contributed by atoms with E-state index in [0.29, 0.717) is 6.04 Å². The molecule has 0 saturated carbocycles. The Labute approximate surface area is 102 Å². The largest absolute Gasteiger partial charge is 0.310 e. The first kappa shape index (κ1) is 10.5. The van der Waals surface area contributed by atoms with Crippen LogP contribution < -0.4 is 5.32 Å². The van der Waals surface area contributed by atoms with Crippen molar-refractivity contribution in [3.63, 3.8) is 0 Å². The lowest BCUT2D eigenvalue weighted by molar-refractivity contribution is 0.648. The average Bonchev–Trinajstić information content (AvgIpc) is 2.94. The lowest BCUT2D eigenvalue weighted by Gasteiger charge is -2.11. The molecule has 1 heterocycles. The smallest absolute Gasteiger partial charge is 0.0320 e. The van der Waals surface area contributed by atoms with Gasteiger partial charge in [0.15, 0.2) is 0 Å². The van der Waals surface area contributed by atoms with Gasteiger partial charge in [0.05, 0.1) is 0 Å². The number of hydrogen-bond acceptors (Lipinski definition) is 1. The fourth-order valence-corrected chi connectivity index (χ4v) is 2.51. The van der Waals surface area contributed by atoms with Gasteiger partial charge in [-0.3, -0.25) is 0 Å². The molecule has 0 unspecified atom stereocenters. The Morgan fingerprint density at radius 3 is 2.18 bits per heavy atom. The summed E-state index contributed by atoms with van der Waals surface area (Å²) in [6.07, 6.45) is 2.57. The molecular formula is C16H17N. The van der Waals surface area contributed by atoms with Crippen LogP contribution in [0.5, 0.6) is 0 Å². The Kier molecular flexibility index (Phi) is 2.93. The van der Waals surface area contributed by atoms with Crippen molar-refractivity contribution in [3.8, 4) is 11.1 Å². The molecule has 1 aliphatic rings. The fraction of sp³-hybridized carbons (Fsp3) is 0.250. The molecule has 0 amide bonds. The molecule has 1 saturated heterocycles. The van der Waals surface area contributed by atoms with Crippen LogP contribution in [0.3, 0.4) is 0 Å². The molecule has 1 atom stereocenters. The van der Waals surface area contributed by atoms with Crippen LogP contribution in [-0.2, 0) is 0 Å². The molecule has 0 radical (unpaired) electrons. The SMILES string of the molecule is c1ccc(-c2ccc([C@@H]3CCCN3)cc2)cc1. The predicted octanol–water partition coefficient (Wildman–Crippen LogP) is 3.78. The fourth-order valence-electron chi connectivity index (χ4n) is 2.51. The first-order valence-electron chi connectivity index (χ1n) is 6.32. The van der Waals surface area contributed by atoms with Gasteiger partial charge in [0.25, 0.3) is 0 Å². The van der Waals surface area contributed by atoms with Gasteiger partial charge in [-0.05, 0) is 36.1 Å². The van der Waals surface area contributed by atoms with Crippen LogP contribution >= 0.6 is 0 Å². The van der Waals surface area contributed by atoms with E-state index in [9.17, 15) is 0 Å². The summed E-state index contributed by atoms with van der Waals surface area (Å²) in [5.41, 5.74) is 4.01. The number of rotatable bonds is 2. The van der Waals surface area contributed by atoms with Gasteiger partial charge < -0.3 is 5.32 Å². The molecule has 2 aromatic rings. The van der Waals surface area contributed by atoms with E-state index >= 15 is 0 Å². The maximum atomic E-state index is 3.53. The van der Waals surface area contributed by atoms with Crippen LogP contribution in [0.1, 0.15) is 24.4 Å². The zero-order chi connectivity index (χ0) is 11.5. The molecule has 3 rings (SSSR count). The molecule has 86 valence electrons. The van der Waals surface area contributed by atoms with Crippen LogP contribution in [0.4, 0.5) is 0 Å². The second-order valence-electron chi connectivity index (χ2n) is 4.64. The highest BCUT2D eigenvalue weighted by atomic mass is 14.9. The van der Waals surface area contributed by atoms with E-state index in [4.69, 9.17) is 0 Å². The highest BCUT2D eigenvalue weighted by molar-refractivity contribution is 5.63. The maximum absolute atomic E-state index is 3.53. The van der Waals surface area contributed by atoms with Crippen molar-refractivity contribution in [3.05, 3.63) is 60.2 Å². The Balaban J connectivity index is 1.85. The van der Waals surface area contributed by atoms with Gasteiger partial charge in [-0.25, -0.2) is 0 Å². The number of hydrogen-bond donors (Lipinski definition) is 1. The topological polar surface area (TPSA) is 12.0 Å². The molecule has 0 spiro atoms. The molecule has 0 aliphatic carbocycles. The van der Waals surface area contributed by atoms with Gasteiger partial charge in [0, 0.05) is 6.04 Å². The molecule has 0 bridgehead atoms. The average molecular weight is 223 g/mol. The molecule has 17 heavy (non-hydrogen) atoms. The Morgan fingerprint density at radius 2 is 1.53 bits per heavy atom. The van der Waals surface area contributed by atoms with E-state index in [1.165, 1.54) is 29.5 Å². The van der Waals surface area contributed by atoms with Crippen molar-refractivity contribution in [2.75, 3.05) is 6.54 Å². The Bertz CT molecular complexity index is 467. The molecule has 2 aromatic carbocycles. The first-order valence-corrected chi connectivity index (χ1v) is 6.32. The Morgan fingerprint density at radius 1 is 0.824 bits per heavy atom. The normalized spacial score (nSPS) is 19.4. The molecule has 1 nitrogen and oxygen atoms in total. The summed E-state index contributed by atoms with van der Waals surface area (Å²) in [6.45, 7) is 1.16. The summed E-state index contributed by atoms with van der Waals surface area (Å²) in [5, 5.41) is 3.53. The third-order valence-corrected chi connectivity index (χ3v) is 3.48. The number of benzene rings is 2. The first-order chi connectivity index (χ1) is 8.43. The predicted molar refractivity (Wildman–Crippen MR) is 71.9 cm³/mol. The van der Waals surface area contributed by atoms with Crippen molar-refractivity contribution < 1.29 is 0 Å². The molecular weight excluding hydrogens is 206 g/mol. The van der Waals surface area contributed by atoms with Crippen LogP contribution in [0.2, 0.25) is 0 Å². The quantitative estimate of drug-likeness (QED) is 0.817. The highest BCUT2D eigenvalue weighted by Gasteiger charge is 2.15. The standard InChI is InChI=1S/C16H17N/c1-2-5-13(6-3-1)14-8-10-15(11-9-14)16-7-4-12-17-16/h1-3,5-6,8-11,16-17H,4,7,12H2/t16-/m0/s1. The van der Waals surface area contributed by atoms with Gasteiger partial charge in [-0.2, -0.15) is 0 Å². The van der Waals surface area contributed by atoms with E-state index in [1.54, 1.807) is 0 Å². The van der Waals surface area contributed by atoms with E-state index in [1.807, 2.05) is 0 Å². The van der Waals surface area contributed by atoms with E-state index in [-0.39, 0.29) is 0 Å². The molecule has 0 aromatic heterocycles. The van der Waals surface area contributed by atoms with Crippen LogP contribution in [0, 0.1) is 0 Å². The summed E-state index contributed by atoms with van der Waals surface area (Å²) < 4.78 is 0. The lowest BCUT2D eigenvalue weighted by Crippen LogP contribution is -2.12. The van der Waals surface area contributed by atoms with Gasteiger partial charge in [0.2, 0.25) is 0 Å². The Hall–Kier alpha value is -1.60. The maximum Gasteiger partial charge on any atom is 0.0320 e. The monoisotopic (exact) mass is 223 g/mol. The van der Waals surface area contributed by atoms with E-state index in [2.05, 4.69) is 59.9 Å². The van der Waals surface area contributed by atoms with Crippen LogP contribution in [0.15, 0.2) is 54.6 Å². The van der Waals surface area contributed by atoms with Gasteiger partial charge in [-0.15, -0.1) is 0 Å². The zero-order valence-corrected chi connectivity index (χ0v) is 9.89. The lowest BCUT2D eigenvalue weighted by atomic mass is 10.0. The minimum absolute atomic E-state index is 0.569. The second kappa shape index (κ2) is 4.72. The van der Waals surface area contributed by atoms with E-state index in [0.717, 1.165) is 6.54 Å². The van der Waals surface area contributed by atoms with Gasteiger partial charge in [0.1, 0.15) is 0 Å². The van der Waals surface area contributed by atoms with Crippen LogP contribution in [0.25, 0.3) is 11.1 Å². The van der Waals surface area contributed by atoms with Crippen molar-refractivity contribution in [2.24, 2.45) is 0 Å². The third kappa shape index (κ3) is 2.25. The van der Waals surface area contributed by atoms with Crippen molar-refractivity contribution >= 4 is 0 Å². The van der Waals surface area contributed by atoms with Gasteiger partial charge >= 0.3 is 0 Å². The molecule has 1 fully saturated rings. The van der Waals surface area contributed by atoms with Crippen molar-refractivity contribution in [1.29, 1.82) is 0 Å². The summed E-state index contributed by atoms with van der Waals surface area (Å²) in [7, 11) is 0. The minimum Gasteiger partial charge on any atom is -0.310 e. The molecule has 1 heteroatoms. The highest BCUT2D eigenvalue weighted by Crippen LogP contribution is 2.26. The molecule has 1 aliphatic heterocycles. The van der Waals surface area contributed by atoms with Crippen LogP contribution in [-0.4, -0.2) is 6.54 Å². The summed E-state index contributed by atoms with van der Waals surface area (Å²) in [5.74, 6) is 0. The molecule has 1 N–H and O–H groups in total. The third-order valence-electron chi connectivity index (χ3n) is 3.48. The summed E-state index contributed by atoms with van der Waals surface area (Å²) >= 11 is 0.